The Morgan fingerprint density at radius 1 is 1.00 bits per heavy atom. The fourth-order valence-electron chi connectivity index (χ4n) is 4.71. The van der Waals surface area contributed by atoms with E-state index in [1.165, 1.54) is 27.8 Å². The Kier molecular flexibility index (Phi) is 8.08. The first-order valence-corrected chi connectivity index (χ1v) is 15.1. The van der Waals surface area contributed by atoms with Gasteiger partial charge in [-0.3, -0.25) is 9.69 Å². The highest BCUT2D eigenvalue weighted by Gasteiger charge is 2.35. The average Bonchev–Trinajstić information content (AvgIpc) is 3.41. The normalized spacial score (nSPS) is 14.8. The number of ether oxygens (including phenoxy) is 2. The number of aromatic nitrogens is 1. The molecule has 1 aliphatic rings. The predicted octanol–water partition coefficient (Wildman–Crippen LogP) is 5.60. The van der Waals surface area contributed by atoms with Crippen molar-refractivity contribution in [3.63, 3.8) is 0 Å². The number of carbonyl (C=O) groups is 1. The highest BCUT2D eigenvalue weighted by Crippen LogP contribution is 2.41. The Morgan fingerprint density at radius 2 is 1.64 bits per heavy atom. The third kappa shape index (κ3) is 5.60. The van der Waals surface area contributed by atoms with Crippen molar-refractivity contribution in [3.05, 3.63) is 77.3 Å². The molecule has 0 unspecified atom stereocenters. The fourth-order valence-corrected chi connectivity index (χ4v) is 7.39. The van der Waals surface area contributed by atoms with Gasteiger partial charge in [-0.15, -0.1) is 0 Å². The van der Waals surface area contributed by atoms with Crippen molar-refractivity contribution in [3.8, 4) is 11.5 Å². The van der Waals surface area contributed by atoms with Crippen LogP contribution in [0.4, 0.5) is 5.13 Å². The highest BCUT2D eigenvalue weighted by molar-refractivity contribution is 7.89. The monoisotopic (exact) mass is 585 g/mol. The first-order chi connectivity index (χ1) is 18.8. The molecule has 0 bridgehead atoms. The molecule has 8 nitrogen and oxygen atoms in total. The minimum absolute atomic E-state index is 0.0839. The van der Waals surface area contributed by atoms with Crippen LogP contribution >= 0.6 is 22.9 Å². The lowest BCUT2D eigenvalue weighted by atomic mass is 9.96. The third-order valence-electron chi connectivity index (χ3n) is 6.83. The first-order valence-electron chi connectivity index (χ1n) is 12.4. The van der Waals surface area contributed by atoms with E-state index in [0.717, 1.165) is 10.3 Å². The van der Waals surface area contributed by atoms with Gasteiger partial charge in [0.2, 0.25) is 15.9 Å². The maximum Gasteiger partial charge on any atom is 0.243 e. The van der Waals surface area contributed by atoms with Crippen molar-refractivity contribution in [1.29, 1.82) is 0 Å². The van der Waals surface area contributed by atoms with E-state index in [1.54, 1.807) is 37.3 Å². The van der Waals surface area contributed by atoms with Gasteiger partial charge in [0.1, 0.15) is 21.7 Å². The van der Waals surface area contributed by atoms with Gasteiger partial charge in [0.25, 0.3) is 0 Å². The number of anilines is 1. The molecule has 1 aliphatic heterocycles. The van der Waals surface area contributed by atoms with Crippen LogP contribution in [0.2, 0.25) is 5.02 Å². The number of piperidine rings is 1. The van der Waals surface area contributed by atoms with Gasteiger partial charge in [-0.05, 0) is 54.8 Å². The van der Waals surface area contributed by atoms with Gasteiger partial charge in [-0.1, -0.05) is 53.3 Å². The zero-order valence-corrected chi connectivity index (χ0v) is 23.9. The van der Waals surface area contributed by atoms with Gasteiger partial charge in [-0.25, -0.2) is 13.4 Å². The number of hydrogen-bond donors (Lipinski definition) is 0. The molecule has 1 amide bonds. The van der Waals surface area contributed by atoms with E-state index in [-0.39, 0.29) is 29.8 Å². The minimum Gasteiger partial charge on any atom is -0.495 e. The van der Waals surface area contributed by atoms with Crippen LogP contribution in [0.3, 0.4) is 0 Å². The third-order valence-corrected chi connectivity index (χ3v) is 10.1. The number of sulfonamides is 1. The molecule has 0 saturated carbocycles. The van der Waals surface area contributed by atoms with Crippen LogP contribution in [-0.4, -0.2) is 50.9 Å². The lowest BCUT2D eigenvalue weighted by Crippen LogP contribution is -2.44. The number of fused-ring (bicyclic) bond motifs is 1. The van der Waals surface area contributed by atoms with E-state index < -0.39 is 10.0 Å². The summed E-state index contributed by atoms with van der Waals surface area (Å²) in [4.78, 5) is 20.7. The summed E-state index contributed by atoms with van der Waals surface area (Å²) in [6, 6.07) is 19.5. The number of carbonyl (C=O) groups excluding carboxylic acids is 1. The minimum atomic E-state index is -3.67. The van der Waals surface area contributed by atoms with Gasteiger partial charge in [0, 0.05) is 24.0 Å². The van der Waals surface area contributed by atoms with Crippen LogP contribution in [0.5, 0.6) is 11.5 Å². The maximum atomic E-state index is 14.0. The van der Waals surface area contributed by atoms with Crippen LogP contribution in [0.25, 0.3) is 10.2 Å². The second-order valence-electron chi connectivity index (χ2n) is 9.19. The number of benzene rings is 3. The molecular formula is C28H28ClN3O5S2. The number of rotatable bonds is 8. The molecule has 1 saturated heterocycles. The molecule has 0 spiro atoms. The summed E-state index contributed by atoms with van der Waals surface area (Å²) in [7, 11) is -0.491. The molecule has 0 atom stereocenters. The SMILES string of the molecule is COc1ccc(OC)c2sc(N(Cc3ccccc3)C(=O)C3CCN(S(=O)(=O)c4ccc(Cl)cc4)CC3)nc12. The van der Waals surface area contributed by atoms with Crippen molar-refractivity contribution in [1.82, 2.24) is 9.29 Å². The van der Waals surface area contributed by atoms with Gasteiger partial charge in [0.15, 0.2) is 5.13 Å². The predicted molar refractivity (Wildman–Crippen MR) is 153 cm³/mol. The lowest BCUT2D eigenvalue weighted by molar-refractivity contribution is -0.123. The number of amides is 1. The van der Waals surface area contributed by atoms with Crippen LogP contribution < -0.4 is 14.4 Å². The average molecular weight is 586 g/mol. The fraction of sp³-hybridized carbons (Fsp3) is 0.286. The van der Waals surface area contributed by atoms with Gasteiger partial charge >= 0.3 is 0 Å². The Hall–Kier alpha value is -3.18. The molecule has 5 rings (SSSR count). The van der Waals surface area contributed by atoms with Crippen molar-refractivity contribution in [2.45, 2.75) is 24.3 Å². The molecule has 11 heteroatoms. The summed E-state index contributed by atoms with van der Waals surface area (Å²) in [6.07, 6.45) is 0.822. The van der Waals surface area contributed by atoms with Gasteiger partial charge < -0.3 is 9.47 Å². The molecule has 204 valence electrons. The van der Waals surface area contributed by atoms with E-state index in [1.807, 2.05) is 36.4 Å². The van der Waals surface area contributed by atoms with E-state index in [0.29, 0.717) is 46.6 Å². The topological polar surface area (TPSA) is 89.0 Å². The smallest absolute Gasteiger partial charge is 0.243 e. The Morgan fingerprint density at radius 3 is 2.28 bits per heavy atom. The summed E-state index contributed by atoms with van der Waals surface area (Å²) < 4.78 is 39.6. The number of methoxy groups -OCH3 is 2. The molecule has 1 fully saturated rings. The second-order valence-corrected chi connectivity index (χ2v) is 12.5. The van der Waals surface area contributed by atoms with E-state index in [4.69, 9.17) is 26.1 Å². The highest BCUT2D eigenvalue weighted by atomic mass is 35.5. The summed E-state index contributed by atoms with van der Waals surface area (Å²) >= 11 is 7.30. The molecule has 39 heavy (non-hydrogen) atoms. The van der Waals surface area contributed by atoms with E-state index in [2.05, 4.69) is 0 Å². The number of halogens is 1. The molecule has 4 aromatic rings. The quantitative estimate of drug-likeness (QED) is 0.267. The van der Waals surface area contributed by atoms with Gasteiger partial charge in [0.05, 0.1) is 25.7 Å². The van der Waals surface area contributed by atoms with E-state index >= 15 is 0 Å². The summed E-state index contributed by atoms with van der Waals surface area (Å²) in [5.74, 6) is 0.823. The number of hydrogen-bond acceptors (Lipinski definition) is 7. The Balaban J connectivity index is 1.42. The lowest BCUT2D eigenvalue weighted by Gasteiger charge is -2.33. The Labute approximate surface area is 236 Å². The van der Waals surface area contributed by atoms with Crippen molar-refractivity contribution in [2.75, 3.05) is 32.2 Å². The van der Waals surface area contributed by atoms with E-state index in [9.17, 15) is 13.2 Å². The summed E-state index contributed by atoms with van der Waals surface area (Å²) in [5.41, 5.74) is 1.60. The molecule has 1 aromatic heterocycles. The first kappa shape index (κ1) is 27.4. The standard InChI is InChI=1S/C28H28ClN3O5S2/c1-36-23-12-13-24(37-2)26-25(23)30-28(38-26)32(18-19-6-4-3-5-7-19)27(33)20-14-16-31(17-15-20)39(34,35)22-10-8-21(29)9-11-22/h3-13,20H,14-18H2,1-2H3. The largest absolute Gasteiger partial charge is 0.495 e. The molecule has 0 aliphatic carbocycles. The van der Waals surface area contributed by atoms with Crippen LogP contribution in [0.15, 0.2) is 71.6 Å². The molecule has 0 N–H and O–H groups in total. The van der Waals surface area contributed by atoms with Crippen LogP contribution in [0, 0.1) is 5.92 Å². The molecule has 0 radical (unpaired) electrons. The molecule has 3 aromatic carbocycles. The van der Waals surface area contributed by atoms with Crippen LogP contribution in [-0.2, 0) is 21.4 Å². The van der Waals surface area contributed by atoms with Crippen molar-refractivity contribution in [2.24, 2.45) is 5.92 Å². The zero-order valence-electron chi connectivity index (χ0n) is 21.5. The van der Waals surface area contributed by atoms with Crippen molar-refractivity contribution < 1.29 is 22.7 Å². The van der Waals surface area contributed by atoms with Gasteiger partial charge in [-0.2, -0.15) is 4.31 Å². The molecule has 2 heterocycles. The maximum absolute atomic E-state index is 14.0. The molecular weight excluding hydrogens is 558 g/mol. The van der Waals surface area contributed by atoms with Crippen molar-refractivity contribution >= 4 is 54.2 Å². The second kappa shape index (κ2) is 11.5. The zero-order chi connectivity index (χ0) is 27.6. The summed E-state index contributed by atoms with van der Waals surface area (Å²) in [6.45, 7) is 0.845. The van der Waals surface area contributed by atoms with Crippen LogP contribution in [0.1, 0.15) is 18.4 Å². The Bertz CT molecular complexity index is 1530. The summed E-state index contributed by atoms with van der Waals surface area (Å²) in [5, 5.41) is 1.01. The number of nitrogens with zero attached hydrogens (tertiary/aromatic N) is 3. The number of thiazole rings is 1.